The molecule has 1 aromatic heterocycles. The van der Waals surface area contributed by atoms with Gasteiger partial charge in [-0.2, -0.15) is 0 Å². The second-order valence-corrected chi connectivity index (χ2v) is 9.13. The fourth-order valence-electron chi connectivity index (χ4n) is 4.17. The third kappa shape index (κ3) is 6.19. The summed E-state index contributed by atoms with van der Waals surface area (Å²) in [6.07, 6.45) is 1.08. The molecule has 1 N–H and O–H groups in total. The van der Waals surface area contributed by atoms with Crippen LogP contribution >= 0.6 is 0 Å². The average Bonchev–Trinajstić information content (AvgIpc) is 3.32. The Morgan fingerprint density at radius 2 is 1.67 bits per heavy atom. The van der Waals surface area contributed by atoms with E-state index in [1.54, 1.807) is 6.92 Å². The molecule has 0 fully saturated rings. The highest BCUT2D eigenvalue weighted by atomic mass is 16.5. The van der Waals surface area contributed by atoms with Crippen LogP contribution in [0.15, 0.2) is 77.2 Å². The molecule has 0 aliphatic carbocycles. The van der Waals surface area contributed by atoms with Crippen molar-refractivity contribution in [2.45, 2.75) is 46.1 Å². The first-order chi connectivity index (χ1) is 17.4. The van der Waals surface area contributed by atoms with Crippen molar-refractivity contribution >= 4 is 28.5 Å². The number of rotatable bonds is 11. The maximum atomic E-state index is 12.5. The Balaban J connectivity index is 1.40. The number of ketones is 1. The molecule has 0 saturated carbocycles. The zero-order valence-corrected chi connectivity index (χ0v) is 21.0. The minimum Gasteiger partial charge on any atom is -0.466 e. The van der Waals surface area contributed by atoms with Gasteiger partial charge in [-0.1, -0.05) is 38.1 Å². The lowest BCUT2D eigenvalue weighted by Gasteiger charge is -2.24. The lowest BCUT2D eigenvalue weighted by atomic mass is 9.94. The number of hydrogen-bond donors (Lipinski definition) is 1. The number of esters is 1. The summed E-state index contributed by atoms with van der Waals surface area (Å²) in [7, 11) is 0. The zero-order chi connectivity index (χ0) is 25.5. The second kappa shape index (κ2) is 11.7. The summed E-state index contributed by atoms with van der Waals surface area (Å²) in [5.74, 6) is 0.719. The molecule has 6 heteroatoms. The highest BCUT2D eigenvalue weighted by Crippen LogP contribution is 2.30. The number of benzene rings is 3. The van der Waals surface area contributed by atoms with Crippen LogP contribution in [0.5, 0.6) is 0 Å². The Bertz CT molecular complexity index is 1270. The maximum Gasteiger partial charge on any atom is 0.305 e. The number of para-hydroxylation sites is 2. The predicted molar refractivity (Wildman–Crippen MR) is 142 cm³/mol. The van der Waals surface area contributed by atoms with Gasteiger partial charge in [-0.05, 0) is 73.4 Å². The molecule has 0 radical (unpaired) electrons. The van der Waals surface area contributed by atoms with Gasteiger partial charge in [-0.3, -0.25) is 9.59 Å². The highest BCUT2D eigenvalue weighted by molar-refractivity contribution is 5.96. The van der Waals surface area contributed by atoms with E-state index < -0.39 is 0 Å². The van der Waals surface area contributed by atoms with Crippen molar-refractivity contribution in [2.75, 3.05) is 11.9 Å². The largest absolute Gasteiger partial charge is 0.466 e. The Kier molecular flexibility index (Phi) is 8.16. The van der Waals surface area contributed by atoms with E-state index in [1.165, 1.54) is 0 Å². The van der Waals surface area contributed by atoms with Gasteiger partial charge in [0.1, 0.15) is 5.52 Å². The molecule has 4 aromatic rings. The lowest BCUT2D eigenvalue weighted by Crippen LogP contribution is -2.16. The van der Waals surface area contributed by atoms with Crippen molar-refractivity contribution in [3.05, 3.63) is 83.9 Å². The van der Waals surface area contributed by atoms with Gasteiger partial charge in [0.15, 0.2) is 11.4 Å². The summed E-state index contributed by atoms with van der Waals surface area (Å²) in [6.45, 7) is 6.49. The number of hydrogen-bond acceptors (Lipinski definition) is 6. The lowest BCUT2D eigenvalue weighted by molar-refractivity contribution is -0.143. The first-order valence-corrected chi connectivity index (χ1v) is 12.5. The van der Waals surface area contributed by atoms with E-state index in [4.69, 9.17) is 9.15 Å². The van der Waals surface area contributed by atoms with Gasteiger partial charge < -0.3 is 14.5 Å². The van der Waals surface area contributed by atoms with Gasteiger partial charge >= 0.3 is 5.97 Å². The number of carbonyl (C=O) groups excluding carboxylic acids is 2. The molecule has 1 atom stereocenters. The van der Waals surface area contributed by atoms with Crippen LogP contribution in [0, 0.1) is 5.92 Å². The van der Waals surface area contributed by atoms with E-state index in [0.29, 0.717) is 36.8 Å². The summed E-state index contributed by atoms with van der Waals surface area (Å²) in [5.41, 5.74) is 5.30. The van der Waals surface area contributed by atoms with Crippen molar-refractivity contribution in [3.8, 4) is 11.5 Å². The van der Waals surface area contributed by atoms with Gasteiger partial charge in [0.2, 0.25) is 5.89 Å². The van der Waals surface area contributed by atoms with E-state index in [1.807, 2.05) is 60.7 Å². The maximum absolute atomic E-state index is 12.5. The summed E-state index contributed by atoms with van der Waals surface area (Å²) >= 11 is 0. The number of oxazole rings is 1. The van der Waals surface area contributed by atoms with Crippen LogP contribution in [-0.2, 0) is 9.53 Å². The molecule has 0 spiro atoms. The number of Topliss-reactive ketones (excluding diaryl/α,β-unsaturated/α-hetero) is 1. The van der Waals surface area contributed by atoms with Gasteiger partial charge in [0.25, 0.3) is 0 Å². The third-order valence-electron chi connectivity index (χ3n) is 6.10. The predicted octanol–water partition coefficient (Wildman–Crippen LogP) is 7.22. The first kappa shape index (κ1) is 25.2. The van der Waals surface area contributed by atoms with Crippen LogP contribution in [0.25, 0.3) is 22.6 Å². The molecule has 0 unspecified atom stereocenters. The van der Waals surface area contributed by atoms with E-state index in [2.05, 4.69) is 36.3 Å². The van der Waals surface area contributed by atoms with Gasteiger partial charge in [-0.15, -0.1) is 0 Å². The van der Waals surface area contributed by atoms with E-state index >= 15 is 0 Å². The van der Waals surface area contributed by atoms with Gasteiger partial charge in [0.05, 0.1) is 12.6 Å². The standard InChI is InChI=1S/C30H32N2O4/c1-4-35-28(34)11-7-9-26(33)21-16-18-24(19-17-21)31-29(20(2)3)22-12-14-23(15-13-22)30-32-25-8-5-6-10-27(25)36-30/h5-6,8,10,12-20,29,31H,4,7,9,11H2,1-3H3/t29-/m0/s1. The monoisotopic (exact) mass is 484 g/mol. The van der Waals surface area contributed by atoms with Crippen LogP contribution in [0.1, 0.15) is 62.0 Å². The van der Waals surface area contributed by atoms with E-state index in [9.17, 15) is 9.59 Å². The Hall–Kier alpha value is -3.93. The SMILES string of the molecule is CCOC(=O)CCCC(=O)c1ccc(N[C@H](c2ccc(-c3nc4ccccc4o3)cc2)C(C)C)cc1. The molecule has 36 heavy (non-hydrogen) atoms. The molecule has 0 aliphatic heterocycles. The molecule has 0 aliphatic rings. The van der Waals surface area contributed by atoms with E-state index in [-0.39, 0.29) is 24.2 Å². The highest BCUT2D eigenvalue weighted by Gasteiger charge is 2.17. The fraction of sp³-hybridized carbons (Fsp3) is 0.300. The quantitative estimate of drug-likeness (QED) is 0.179. The van der Waals surface area contributed by atoms with Crippen LogP contribution in [0.4, 0.5) is 5.69 Å². The summed E-state index contributed by atoms with van der Waals surface area (Å²) in [4.78, 5) is 28.5. The Morgan fingerprint density at radius 3 is 2.33 bits per heavy atom. The number of nitrogens with one attached hydrogen (secondary N) is 1. The van der Waals surface area contributed by atoms with Crippen LogP contribution in [-0.4, -0.2) is 23.3 Å². The number of fused-ring (bicyclic) bond motifs is 1. The normalized spacial score (nSPS) is 12.0. The van der Waals surface area contributed by atoms with Crippen LogP contribution in [0.2, 0.25) is 0 Å². The molecule has 0 amide bonds. The van der Waals surface area contributed by atoms with Gasteiger partial charge in [0, 0.05) is 29.7 Å². The molecule has 1 heterocycles. The number of carbonyl (C=O) groups is 2. The summed E-state index contributed by atoms with van der Waals surface area (Å²) < 4.78 is 10.8. The molecule has 6 nitrogen and oxygen atoms in total. The van der Waals surface area contributed by atoms with Gasteiger partial charge in [-0.25, -0.2) is 4.98 Å². The van der Waals surface area contributed by atoms with Crippen LogP contribution in [0.3, 0.4) is 0 Å². The third-order valence-corrected chi connectivity index (χ3v) is 6.10. The topological polar surface area (TPSA) is 81.4 Å². The smallest absolute Gasteiger partial charge is 0.305 e. The molecule has 0 saturated heterocycles. The van der Waals surface area contributed by atoms with Crippen molar-refractivity contribution in [2.24, 2.45) is 5.92 Å². The first-order valence-electron chi connectivity index (χ1n) is 12.5. The number of nitrogens with zero attached hydrogens (tertiary/aromatic N) is 1. The Labute approximate surface area is 211 Å². The molecular formula is C30H32N2O4. The van der Waals surface area contributed by atoms with Crippen molar-refractivity contribution < 1.29 is 18.7 Å². The van der Waals surface area contributed by atoms with Crippen molar-refractivity contribution in [1.29, 1.82) is 0 Å². The molecule has 0 bridgehead atoms. The summed E-state index contributed by atoms with van der Waals surface area (Å²) in [5, 5.41) is 3.60. The van der Waals surface area contributed by atoms with E-state index in [0.717, 1.165) is 27.9 Å². The molecule has 186 valence electrons. The number of ether oxygens (including phenoxy) is 1. The Morgan fingerprint density at radius 1 is 0.944 bits per heavy atom. The molecule has 3 aromatic carbocycles. The molecule has 4 rings (SSSR count). The minimum absolute atomic E-state index is 0.0287. The zero-order valence-electron chi connectivity index (χ0n) is 21.0. The fourth-order valence-corrected chi connectivity index (χ4v) is 4.17. The number of aromatic nitrogens is 1. The summed E-state index contributed by atoms with van der Waals surface area (Å²) in [6, 6.07) is 23.6. The van der Waals surface area contributed by atoms with Crippen molar-refractivity contribution in [1.82, 2.24) is 4.98 Å². The minimum atomic E-state index is -0.258. The second-order valence-electron chi connectivity index (χ2n) is 9.13. The van der Waals surface area contributed by atoms with Crippen LogP contribution < -0.4 is 5.32 Å². The van der Waals surface area contributed by atoms with Crippen molar-refractivity contribution in [3.63, 3.8) is 0 Å². The number of anilines is 1. The average molecular weight is 485 g/mol. The molecular weight excluding hydrogens is 452 g/mol.